The molecule has 2 aromatic heterocycles. The van der Waals surface area contributed by atoms with Crippen LogP contribution in [0.4, 0.5) is 0 Å². The number of hydrogen-bond donors (Lipinski definition) is 2. The number of carbonyl (C=O) groups excluding carboxylic acids is 1. The summed E-state index contributed by atoms with van der Waals surface area (Å²) < 4.78 is 0. The molecule has 92 valence electrons. The van der Waals surface area contributed by atoms with Crippen molar-refractivity contribution in [3.8, 4) is 0 Å². The maximum atomic E-state index is 11.8. The Balaban J connectivity index is 1.63. The van der Waals surface area contributed by atoms with Gasteiger partial charge in [0.1, 0.15) is 5.69 Å². The van der Waals surface area contributed by atoms with Crippen LogP contribution in [0.25, 0.3) is 0 Å². The van der Waals surface area contributed by atoms with Gasteiger partial charge in [-0.3, -0.25) is 9.59 Å². The summed E-state index contributed by atoms with van der Waals surface area (Å²) in [7, 11) is 0. The highest BCUT2D eigenvalue weighted by Crippen LogP contribution is 2.42. The molecule has 1 saturated carbocycles. The van der Waals surface area contributed by atoms with Crippen LogP contribution in [-0.2, 0) is 0 Å². The first-order valence-corrected chi connectivity index (χ1v) is 6.52. The van der Waals surface area contributed by atoms with Crippen LogP contribution >= 0.6 is 11.3 Å². The van der Waals surface area contributed by atoms with Crippen molar-refractivity contribution in [2.75, 3.05) is 0 Å². The Hall–Kier alpha value is -1.95. The Morgan fingerprint density at radius 1 is 1.44 bits per heavy atom. The van der Waals surface area contributed by atoms with E-state index in [4.69, 9.17) is 0 Å². The fraction of sp³-hybridized carbons (Fsp3) is 0.250. The smallest absolute Gasteiger partial charge is 0.271 e. The molecule has 1 aliphatic rings. The van der Waals surface area contributed by atoms with Crippen molar-refractivity contribution in [2.24, 2.45) is 0 Å². The second kappa shape index (κ2) is 4.38. The van der Waals surface area contributed by atoms with Gasteiger partial charge >= 0.3 is 0 Å². The van der Waals surface area contributed by atoms with Gasteiger partial charge in [-0.15, -0.1) is 11.3 Å². The van der Waals surface area contributed by atoms with E-state index >= 15 is 0 Å². The number of carbonyl (C=O) groups is 1. The minimum atomic E-state index is -0.311. The molecule has 2 atom stereocenters. The maximum absolute atomic E-state index is 11.8. The van der Waals surface area contributed by atoms with Gasteiger partial charge in [0.2, 0.25) is 0 Å². The van der Waals surface area contributed by atoms with Crippen molar-refractivity contribution < 1.29 is 4.79 Å². The zero-order valence-electron chi connectivity index (χ0n) is 9.42. The standard InChI is InChI=1S/C12H11N3O2S/c16-11-4-3-8(14-15-11)12(17)13-9-6-7(9)10-2-1-5-18-10/h1-5,7,9H,6H2,(H,13,17)(H,15,16). The molecule has 2 unspecified atom stereocenters. The predicted molar refractivity (Wildman–Crippen MR) is 67.8 cm³/mol. The lowest BCUT2D eigenvalue weighted by Crippen LogP contribution is -2.28. The summed E-state index contributed by atoms with van der Waals surface area (Å²) in [6, 6.07) is 7.01. The minimum Gasteiger partial charge on any atom is -0.347 e. The minimum absolute atomic E-state index is 0.185. The quantitative estimate of drug-likeness (QED) is 0.869. The van der Waals surface area contributed by atoms with Crippen LogP contribution in [-0.4, -0.2) is 22.1 Å². The molecule has 18 heavy (non-hydrogen) atoms. The highest BCUT2D eigenvalue weighted by molar-refractivity contribution is 7.10. The molecule has 2 aromatic rings. The Bertz CT molecular complexity index is 600. The molecule has 0 aromatic carbocycles. The van der Waals surface area contributed by atoms with Crippen LogP contribution in [0, 0.1) is 0 Å². The van der Waals surface area contributed by atoms with E-state index in [9.17, 15) is 9.59 Å². The number of amides is 1. The van der Waals surface area contributed by atoms with Crippen molar-refractivity contribution in [3.63, 3.8) is 0 Å². The average molecular weight is 261 g/mol. The molecular formula is C12H11N3O2S. The summed E-state index contributed by atoms with van der Waals surface area (Å²) in [4.78, 5) is 24.0. The molecule has 1 amide bonds. The van der Waals surface area contributed by atoms with E-state index in [1.165, 1.54) is 17.0 Å². The van der Waals surface area contributed by atoms with Crippen LogP contribution in [0.3, 0.4) is 0 Å². The van der Waals surface area contributed by atoms with E-state index in [1.54, 1.807) is 11.3 Å². The normalized spacial score (nSPS) is 21.6. The third-order valence-corrected chi connectivity index (χ3v) is 3.93. The molecular weight excluding hydrogens is 250 g/mol. The van der Waals surface area contributed by atoms with Crippen molar-refractivity contribution >= 4 is 17.2 Å². The first-order chi connectivity index (χ1) is 8.74. The summed E-state index contributed by atoms with van der Waals surface area (Å²) >= 11 is 1.71. The van der Waals surface area contributed by atoms with Crippen molar-refractivity contribution in [2.45, 2.75) is 18.4 Å². The molecule has 1 fully saturated rings. The van der Waals surface area contributed by atoms with E-state index < -0.39 is 0 Å². The number of thiophene rings is 1. The lowest BCUT2D eigenvalue weighted by molar-refractivity contribution is 0.0944. The monoisotopic (exact) mass is 261 g/mol. The third-order valence-electron chi connectivity index (χ3n) is 2.93. The fourth-order valence-electron chi connectivity index (χ4n) is 1.88. The van der Waals surface area contributed by atoms with E-state index in [-0.39, 0.29) is 23.2 Å². The number of aromatic amines is 1. The highest BCUT2D eigenvalue weighted by atomic mass is 32.1. The number of nitrogens with zero attached hydrogens (tertiary/aromatic N) is 1. The number of nitrogens with one attached hydrogen (secondary N) is 2. The first kappa shape index (κ1) is 11.2. The van der Waals surface area contributed by atoms with Gasteiger partial charge in [0.25, 0.3) is 11.5 Å². The number of H-pyrrole nitrogens is 1. The molecule has 2 N–H and O–H groups in total. The van der Waals surface area contributed by atoms with Gasteiger partial charge in [0.05, 0.1) is 0 Å². The van der Waals surface area contributed by atoms with Gasteiger partial charge in [-0.25, -0.2) is 5.10 Å². The largest absolute Gasteiger partial charge is 0.347 e. The molecule has 0 spiro atoms. The van der Waals surface area contributed by atoms with Crippen LogP contribution in [0.1, 0.15) is 27.7 Å². The predicted octanol–water partition coefficient (Wildman–Crippen LogP) is 1.12. The van der Waals surface area contributed by atoms with E-state index in [2.05, 4.69) is 21.6 Å². The Labute approximate surface area is 107 Å². The van der Waals surface area contributed by atoms with Gasteiger partial charge in [0, 0.05) is 22.9 Å². The van der Waals surface area contributed by atoms with Crippen LogP contribution in [0.5, 0.6) is 0 Å². The molecule has 5 nitrogen and oxygen atoms in total. The molecule has 1 aliphatic carbocycles. The lowest BCUT2D eigenvalue weighted by Gasteiger charge is -2.02. The fourth-order valence-corrected chi connectivity index (χ4v) is 2.79. The van der Waals surface area contributed by atoms with Crippen molar-refractivity contribution in [1.82, 2.24) is 15.5 Å². The van der Waals surface area contributed by atoms with Crippen molar-refractivity contribution in [3.05, 3.63) is 50.6 Å². The first-order valence-electron chi connectivity index (χ1n) is 5.64. The van der Waals surface area contributed by atoms with Gasteiger partial charge in [-0.2, -0.15) is 5.10 Å². The number of aromatic nitrogens is 2. The maximum Gasteiger partial charge on any atom is 0.271 e. The number of hydrogen-bond acceptors (Lipinski definition) is 4. The molecule has 3 rings (SSSR count). The highest BCUT2D eigenvalue weighted by Gasteiger charge is 2.40. The van der Waals surface area contributed by atoms with E-state index in [0.717, 1.165) is 6.42 Å². The summed E-state index contributed by atoms with van der Waals surface area (Å²) in [6.07, 6.45) is 0.968. The summed E-state index contributed by atoms with van der Waals surface area (Å²) in [5.74, 6) is 0.187. The lowest BCUT2D eigenvalue weighted by atomic mass is 10.3. The van der Waals surface area contributed by atoms with Gasteiger partial charge in [0.15, 0.2) is 0 Å². The molecule has 0 aliphatic heterocycles. The number of rotatable bonds is 3. The zero-order valence-corrected chi connectivity index (χ0v) is 10.2. The Morgan fingerprint density at radius 3 is 3.00 bits per heavy atom. The Kier molecular flexibility index (Phi) is 2.71. The van der Waals surface area contributed by atoms with E-state index in [1.807, 2.05) is 11.4 Å². The van der Waals surface area contributed by atoms with Crippen LogP contribution < -0.4 is 10.9 Å². The van der Waals surface area contributed by atoms with Gasteiger partial charge in [-0.05, 0) is 23.9 Å². The average Bonchev–Trinajstić information content (AvgIpc) is 2.92. The third kappa shape index (κ3) is 2.19. The molecule has 2 heterocycles. The summed E-state index contributed by atoms with van der Waals surface area (Å²) in [5.41, 5.74) is -0.0686. The summed E-state index contributed by atoms with van der Waals surface area (Å²) in [5, 5.41) is 10.9. The molecule has 6 heteroatoms. The second-order valence-electron chi connectivity index (χ2n) is 4.24. The van der Waals surface area contributed by atoms with Gasteiger partial charge in [-0.1, -0.05) is 6.07 Å². The van der Waals surface area contributed by atoms with Crippen LogP contribution in [0.2, 0.25) is 0 Å². The second-order valence-corrected chi connectivity index (χ2v) is 5.22. The van der Waals surface area contributed by atoms with Crippen LogP contribution in [0.15, 0.2) is 34.4 Å². The molecule has 0 radical (unpaired) electrons. The van der Waals surface area contributed by atoms with Crippen molar-refractivity contribution in [1.29, 1.82) is 0 Å². The zero-order chi connectivity index (χ0) is 12.5. The SMILES string of the molecule is O=C(NC1CC1c1cccs1)c1ccc(=O)[nH]n1. The molecule has 0 saturated heterocycles. The Morgan fingerprint density at radius 2 is 2.33 bits per heavy atom. The molecule has 0 bridgehead atoms. The van der Waals surface area contributed by atoms with Gasteiger partial charge < -0.3 is 5.32 Å². The topological polar surface area (TPSA) is 74.8 Å². The summed E-state index contributed by atoms with van der Waals surface area (Å²) in [6.45, 7) is 0. The van der Waals surface area contributed by atoms with E-state index in [0.29, 0.717) is 5.92 Å².